The third-order valence-electron chi connectivity index (χ3n) is 4.73. The van der Waals surface area contributed by atoms with Crippen molar-refractivity contribution in [1.82, 2.24) is 29.6 Å². The lowest BCUT2D eigenvalue weighted by atomic mass is 10.1. The first-order valence-electron chi connectivity index (χ1n) is 9.94. The molecule has 3 aromatic rings. The predicted octanol–water partition coefficient (Wildman–Crippen LogP) is 2.49. The van der Waals surface area contributed by atoms with Gasteiger partial charge in [-0.05, 0) is 42.0 Å². The van der Waals surface area contributed by atoms with E-state index in [1.54, 1.807) is 19.1 Å². The number of halogens is 2. The average molecular weight is 446 g/mol. The van der Waals surface area contributed by atoms with Crippen molar-refractivity contribution < 1.29 is 13.5 Å². The summed E-state index contributed by atoms with van der Waals surface area (Å²) in [5.41, 5.74) is 2.74. The van der Waals surface area contributed by atoms with E-state index in [4.69, 9.17) is 4.74 Å². The Hall–Kier alpha value is -3.70. The van der Waals surface area contributed by atoms with Crippen molar-refractivity contribution in [3.63, 3.8) is 0 Å². The SMILES string of the molecule is CCC(=NN=C(C)c1ccnn1CC(F)F)OCc1c(C)cccc1-n1nnn(C)c1=O. The minimum absolute atomic E-state index is 0.135. The van der Waals surface area contributed by atoms with E-state index in [1.807, 2.05) is 26.0 Å². The summed E-state index contributed by atoms with van der Waals surface area (Å²) in [7, 11) is 1.52. The summed E-state index contributed by atoms with van der Waals surface area (Å²) in [5, 5.41) is 19.8. The zero-order chi connectivity index (χ0) is 23.3. The zero-order valence-corrected chi connectivity index (χ0v) is 18.2. The number of nitrogens with zero attached hydrogens (tertiary/aromatic N) is 8. The van der Waals surface area contributed by atoms with Crippen molar-refractivity contribution in [1.29, 1.82) is 0 Å². The topological polar surface area (TPSA) is 104 Å². The molecule has 0 radical (unpaired) electrons. The van der Waals surface area contributed by atoms with Gasteiger partial charge in [0.15, 0.2) is 0 Å². The maximum absolute atomic E-state index is 12.7. The second kappa shape index (κ2) is 10.1. The third kappa shape index (κ3) is 5.13. The molecule has 0 atom stereocenters. The van der Waals surface area contributed by atoms with Gasteiger partial charge < -0.3 is 4.74 Å². The van der Waals surface area contributed by atoms with Crippen molar-refractivity contribution >= 4 is 11.6 Å². The van der Waals surface area contributed by atoms with E-state index in [9.17, 15) is 13.6 Å². The zero-order valence-electron chi connectivity index (χ0n) is 18.2. The number of tetrazole rings is 1. The van der Waals surface area contributed by atoms with Gasteiger partial charge in [0.1, 0.15) is 13.2 Å². The summed E-state index contributed by atoms with van der Waals surface area (Å²) in [6, 6.07) is 7.08. The Bertz CT molecular complexity index is 1190. The smallest absolute Gasteiger partial charge is 0.368 e. The minimum atomic E-state index is -2.52. The molecule has 0 unspecified atom stereocenters. The maximum atomic E-state index is 12.7. The van der Waals surface area contributed by atoms with Gasteiger partial charge in [-0.15, -0.1) is 5.10 Å². The number of benzene rings is 1. The summed E-state index contributed by atoms with van der Waals surface area (Å²) >= 11 is 0. The van der Waals surface area contributed by atoms with Crippen LogP contribution in [-0.4, -0.2) is 47.6 Å². The lowest BCUT2D eigenvalue weighted by Crippen LogP contribution is -2.23. The molecule has 0 aliphatic heterocycles. The average Bonchev–Trinajstić information content (AvgIpc) is 3.35. The second-order valence-corrected chi connectivity index (χ2v) is 6.98. The van der Waals surface area contributed by atoms with Gasteiger partial charge in [-0.2, -0.15) is 19.6 Å². The van der Waals surface area contributed by atoms with Crippen LogP contribution < -0.4 is 5.69 Å². The summed E-state index contributed by atoms with van der Waals surface area (Å²) in [6.07, 6.45) is -0.629. The molecule has 3 rings (SSSR count). The van der Waals surface area contributed by atoms with E-state index in [0.29, 0.717) is 29.4 Å². The van der Waals surface area contributed by atoms with Crippen molar-refractivity contribution in [2.24, 2.45) is 17.3 Å². The summed E-state index contributed by atoms with van der Waals surface area (Å²) in [4.78, 5) is 12.3. The number of hydrogen-bond donors (Lipinski definition) is 0. The van der Waals surface area contributed by atoms with Crippen molar-refractivity contribution in [3.05, 3.63) is 57.8 Å². The molecule has 0 spiro atoms. The molecule has 2 heterocycles. The first kappa shape index (κ1) is 23.0. The molecule has 0 aliphatic rings. The number of rotatable bonds is 8. The quantitative estimate of drug-likeness (QED) is 0.300. The third-order valence-corrected chi connectivity index (χ3v) is 4.73. The van der Waals surface area contributed by atoms with Crippen LogP contribution in [0.5, 0.6) is 0 Å². The number of alkyl halides is 2. The van der Waals surface area contributed by atoms with Crippen molar-refractivity contribution in [2.45, 2.75) is 46.8 Å². The van der Waals surface area contributed by atoms with E-state index < -0.39 is 13.0 Å². The standard InChI is InChI=1S/C20H24F2N8O2/c1-5-19(25-24-14(3)16-9-10-23-29(16)11-18(21)22)32-12-15-13(2)7-6-8-17(15)30-20(31)28(4)26-27-30/h6-10,18H,5,11-12H2,1-4H3. The Morgan fingerprint density at radius 2 is 2.00 bits per heavy atom. The van der Waals surface area contributed by atoms with E-state index in [2.05, 4.69) is 25.7 Å². The van der Waals surface area contributed by atoms with Crippen LogP contribution in [0.2, 0.25) is 0 Å². The molecule has 10 nitrogen and oxygen atoms in total. The lowest BCUT2D eigenvalue weighted by Gasteiger charge is -2.13. The predicted molar refractivity (Wildman–Crippen MR) is 114 cm³/mol. The number of aromatic nitrogens is 6. The molecule has 0 amide bonds. The molecular formula is C20H24F2N8O2. The van der Waals surface area contributed by atoms with E-state index in [1.165, 1.54) is 22.6 Å². The molecule has 2 aromatic heterocycles. The fourth-order valence-corrected chi connectivity index (χ4v) is 2.99. The van der Waals surface area contributed by atoms with Crippen LogP contribution >= 0.6 is 0 Å². The fraction of sp³-hybridized carbons (Fsp3) is 0.400. The highest BCUT2D eigenvalue weighted by Crippen LogP contribution is 2.18. The fourth-order valence-electron chi connectivity index (χ4n) is 2.99. The highest BCUT2D eigenvalue weighted by molar-refractivity contribution is 5.97. The normalized spacial score (nSPS) is 12.6. The minimum Gasteiger partial charge on any atom is -0.475 e. The molecule has 0 aliphatic carbocycles. The molecule has 12 heteroatoms. The van der Waals surface area contributed by atoms with Crippen LogP contribution in [-0.2, 0) is 24.9 Å². The summed E-state index contributed by atoms with van der Waals surface area (Å²) in [6.45, 7) is 5.04. The first-order valence-corrected chi connectivity index (χ1v) is 9.94. The van der Waals surface area contributed by atoms with Gasteiger partial charge in [-0.3, -0.25) is 4.68 Å². The Kier molecular flexibility index (Phi) is 7.23. The molecule has 32 heavy (non-hydrogen) atoms. The Labute approximate surface area is 182 Å². The van der Waals surface area contributed by atoms with Gasteiger partial charge >= 0.3 is 5.69 Å². The molecule has 1 aromatic carbocycles. The highest BCUT2D eigenvalue weighted by Gasteiger charge is 2.14. The van der Waals surface area contributed by atoms with Crippen LogP contribution in [0, 0.1) is 6.92 Å². The molecule has 170 valence electrons. The molecule has 0 saturated carbocycles. The Morgan fingerprint density at radius 1 is 1.22 bits per heavy atom. The van der Waals surface area contributed by atoms with Gasteiger partial charge in [0.05, 0.1) is 17.1 Å². The highest BCUT2D eigenvalue weighted by atomic mass is 19.3. The van der Waals surface area contributed by atoms with E-state index in [0.717, 1.165) is 15.8 Å². The van der Waals surface area contributed by atoms with E-state index in [-0.39, 0.29) is 12.3 Å². The Morgan fingerprint density at radius 3 is 2.66 bits per heavy atom. The van der Waals surface area contributed by atoms with Crippen LogP contribution in [0.4, 0.5) is 8.78 Å². The largest absolute Gasteiger partial charge is 0.475 e. The van der Waals surface area contributed by atoms with Gasteiger partial charge in [-0.1, -0.05) is 19.1 Å². The second-order valence-electron chi connectivity index (χ2n) is 6.98. The lowest BCUT2D eigenvalue weighted by molar-refractivity contribution is 0.121. The number of aryl methyl sites for hydroxylation is 2. The van der Waals surface area contributed by atoms with Gasteiger partial charge in [0.25, 0.3) is 6.43 Å². The summed E-state index contributed by atoms with van der Waals surface area (Å²) in [5.74, 6) is 0.352. The van der Waals surface area contributed by atoms with Gasteiger partial charge in [0.2, 0.25) is 5.90 Å². The van der Waals surface area contributed by atoms with Crippen LogP contribution in [0.1, 0.15) is 37.1 Å². The molecule has 0 bridgehead atoms. The van der Waals surface area contributed by atoms with Gasteiger partial charge in [-0.25, -0.2) is 13.6 Å². The number of hydrogen-bond acceptors (Lipinski definition) is 7. The summed E-state index contributed by atoms with van der Waals surface area (Å²) < 4.78 is 34.8. The first-order chi connectivity index (χ1) is 15.3. The molecule has 0 N–H and O–H groups in total. The van der Waals surface area contributed by atoms with Gasteiger partial charge in [0, 0.05) is 25.2 Å². The van der Waals surface area contributed by atoms with Crippen LogP contribution in [0.15, 0.2) is 45.5 Å². The van der Waals surface area contributed by atoms with E-state index >= 15 is 0 Å². The Balaban J connectivity index is 1.81. The van der Waals surface area contributed by atoms with Crippen molar-refractivity contribution in [3.8, 4) is 5.69 Å². The molecular weight excluding hydrogens is 422 g/mol. The van der Waals surface area contributed by atoms with Crippen LogP contribution in [0.3, 0.4) is 0 Å². The molecule has 0 fully saturated rings. The van der Waals surface area contributed by atoms with Crippen molar-refractivity contribution in [2.75, 3.05) is 0 Å². The van der Waals surface area contributed by atoms with Crippen LogP contribution in [0.25, 0.3) is 5.69 Å². The molecule has 0 saturated heterocycles. The maximum Gasteiger partial charge on any atom is 0.368 e. The number of ether oxygens (including phenoxy) is 1. The monoisotopic (exact) mass is 446 g/mol.